The van der Waals surface area contributed by atoms with Crippen molar-refractivity contribution in [2.75, 3.05) is 39.3 Å². The molecule has 3 heterocycles. The molecule has 6 nitrogen and oxygen atoms in total. The van der Waals surface area contributed by atoms with Crippen molar-refractivity contribution in [3.63, 3.8) is 0 Å². The summed E-state index contributed by atoms with van der Waals surface area (Å²) in [5, 5.41) is 0. The van der Waals surface area contributed by atoms with E-state index in [1.54, 1.807) is 0 Å². The second-order valence-electron chi connectivity index (χ2n) is 3.83. The molecule has 0 aromatic carbocycles. The van der Waals surface area contributed by atoms with Gasteiger partial charge in [0, 0.05) is 0 Å². The Hall–Kier alpha value is -0.420. The Balaban J connectivity index is 0.000000330. The number of quaternary nitrogens is 2. The number of nitrogens with zero attached hydrogens (tertiary/aromatic N) is 2. The van der Waals surface area contributed by atoms with Gasteiger partial charge in [0.05, 0.1) is 0 Å². The molecular weight excluding hydrogens is 253 g/mol. The molecule has 3 rings (SSSR count). The maximum atomic E-state index is 13.3. The smallest absolute Gasteiger partial charge is 0.215 e. The summed E-state index contributed by atoms with van der Waals surface area (Å²) in [7, 11) is -4.92. The van der Waals surface area contributed by atoms with Crippen LogP contribution in [0.25, 0.3) is 0 Å². The molecule has 0 radical (unpaired) electrons. The van der Waals surface area contributed by atoms with Crippen LogP contribution in [-0.4, -0.2) is 66.2 Å². The van der Waals surface area contributed by atoms with E-state index in [-0.39, 0.29) is 14.1 Å². The fourth-order valence-electron chi connectivity index (χ4n) is 1.75. The molecule has 0 atom stereocenters. The minimum Gasteiger partial charge on any atom is -1.00 e. The largest absolute Gasteiger partial charge is 1.00 e. The van der Waals surface area contributed by atoms with Crippen LogP contribution >= 0.6 is 0 Å². The minimum absolute atomic E-state index is 0. The van der Waals surface area contributed by atoms with E-state index in [2.05, 4.69) is 0 Å². The maximum absolute atomic E-state index is 13.3. The Kier molecular flexibility index (Phi) is 4.71. The summed E-state index contributed by atoms with van der Waals surface area (Å²) in [5.41, 5.74) is 0. The van der Waals surface area contributed by atoms with Crippen molar-refractivity contribution in [2.24, 2.45) is 0 Å². The Morgan fingerprint density at radius 3 is 1.19 bits per heavy atom. The van der Waals surface area contributed by atoms with E-state index in [4.69, 9.17) is 17.5 Å². The van der Waals surface area contributed by atoms with Crippen LogP contribution in [0.1, 0.15) is 0 Å². The van der Waals surface area contributed by atoms with Gasteiger partial charge in [-0.2, -0.15) is 0 Å². The molecule has 0 amide bonds. The third-order valence-electron chi connectivity index (χ3n) is 2.70. The Bertz CT molecular complexity index is 286. The molecular formula is C6H13F3N2O4S. The van der Waals surface area contributed by atoms with E-state index < -0.39 is 10.4 Å². The second kappa shape index (κ2) is 4.84. The van der Waals surface area contributed by atoms with E-state index in [9.17, 15) is 8.96 Å². The zero-order valence-electron chi connectivity index (χ0n) is 8.35. The highest BCUT2D eigenvalue weighted by Gasteiger charge is 2.52. The fraction of sp³-hybridized carbons (Fsp3) is 1.00. The first-order chi connectivity index (χ1) is 6.62. The van der Waals surface area contributed by atoms with Crippen molar-refractivity contribution in [3.8, 4) is 0 Å². The molecule has 16 heavy (non-hydrogen) atoms. The van der Waals surface area contributed by atoms with E-state index in [1.165, 1.54) is 0 Å². The summed E-state index contributed by atoms with van der Waals surface area (Å²) < 4.78 is 58.6. The SMILES string of the molecule is F[N+]12CC[N+](F)(CC1)CC2.O=S(=O)([O-])O.[F-]. The summed E-state index contributed by atoms with van der Waals surface area (Å²) in [5.74, 6) is 0. The van der Waals surface area contributed by atoms with Gasteiger partial charge in [-0.25, -0.2) is 8.42 Å². The topological polar surface area (TPSA) is 77.4 Å². The number of piperazine rings is 3. The van der Waals surface area contributed by atoms with E-state index >= 15 is 0 Å². The molecule has 3 saturated heterocycles. The van der Waals surface area contributed by atoms with Crippen LogP contribution in [0.3, 0.4) is 0 Å². The highest BCUT2D eigenvalue weighted by Crippen LogP contribution is 2.26. The third kappa shape index (κ3) is 5.07. The van der Waals surface area contributed by atoms with Crippen molar-refractivity contribution in [3.05, 3.63) is 0 Å². The molecule has 0 aromatic heterocycles. The van der Waals surface area contributed by atoms with Crippen molar-refractivity contribution in [1.29, 1.82) is 0 Å². The van der Waals surface area contributed by atoms with Crippen molar-refractivity contribution in [1.82, 2.24) is 0 Å². The first-order valence-electron chi connectivity index (χ1n) is 4.42. The predicted octanol–water partition coefficient (Wildman–Crippen LogP) is -3.58. The standard InChI is InChI=1S/C6H12F2N2.FH.H2O4S/c7-9-1-2-10(8,5-3-9)6-4-9;;1-5(2,3)4/h1-6H2;1H;(H2,1,2,3,4)/q+2;;/p-2. The average Bonchev–Trinajstić information content (AvgIpc) is 2.05. The van der Waals surface area contributed by atoms with Crippen LogP contribution in [0.2, 0.25) is 0 Å². The first-order valence-corrected chi connectivity index (χ1v) is 5.78. The molecule has 3 fully saturated rings. The fourth-order valence-corrected chi connectivity index (χ4v) is 1.75. The predicted molar refractivity (Wildman–Crippen MR) is 44.3 cm³/mol. The molecule has 98 valence electrons. The van der Waals surface area contributed by atoms with Gasteiger partial charge >= 0.3 is 0 Å². The summed E-state index contributed by atoms with van der Waals surface area (Å²) in [6.45, 7) is 2.23. The number of hydrogen-bond acceptors (Lipinski definition) is 3. The van der Waals surface area contributed by atoms with E-state index in [0.29, 0.717) is 39.3 Å². The summed E-state index contributed by atoms with van der Waals surface area (Å²) in [4.78, 5) is 0. The lowest BCUT2D eigenvalue weighted by atomic mass is 10.2. The van der Waals surface area contributed by atoms with Gasteiger partial charge < -0.3 is 9.26 Å². The molecule has 0 aromatic rings. The van der Waals surface area contributed by atoms with Crippen molar-refractivity contribution < 1.29 is 40.6 Å². The van der Waals surface area contributed by atoms with Gasteiger partial charge in [-0.05, 0) is 8.96 Å². The van der Waals surface area contributed by atoms with Gasteiger partial charge in [-0.15, -0.1) is 9.41 Å². The number of fused-ring (bicyclic) bond motifs is 3. The van der Waals surface area contributed by atoms with Gasteiger partial charge in [0.25, 0.3) is 0 Å². The van der Waals surface area contributed by atoms with Crippen LogP contribution < -0.4 is 4.70 Å². The Labute approximate surface area is 91.1 Å². The summed E-state index contributed by atoms with van der Waals surface area (Å²) in [6, 6.07) is 0. The van der Waals surface area contributed by atoms with Gasteiger partial charge in [0.2, 0.25) is 10.4 Å². The second-order valence-corrected chi connectivity index (χ2v) is 4.68. The van der Waals surface area contributed by atoms with Crippen molar-refractivity contribution >= 4 is 10.4 Å². The Morgan fingerprint density at radius 2 is 1.06 bits per heavy atom. The van der Waals surface area contributed by atoms with Gasteiger partial charge in [0.1, 0.15) is 0 Å². The van der Waals surface area contributed by atoms with E-state index in [1.807, 2.05) is 0 Å². The van der Waals surface area contributed by atoms with Gasteiger partial charge in [0.15, 0.2) is 39.3 Å². The molecule has 3 aliphatic rings. The molecule has 0 spiro atoms. The molecule has 3 aliphatic heterocycles. The summed E-state index contributed by atoms with van der Waals surface area (Å²) in [6.07, 6.45) is 0. The monoisotopic (exact) mass is 266 g/mol. The molecule has 2 bridgehead atoms. The quantitative estimate of drug-likeness (QED) is 0.279. The molecule has 1 N–H and O–H groups in total. The molecule has 10 heteroatoms. The first kappa shape index (κ1) is 15.6. The number of hydrogen-bond donors (Lipinski definition) is 1. The van der Waals surface area contributed by atoms with E-state index in [0.717, 1.165) is 0 Å². The van der Waals surface area contributed by atoms with Crippen LogP contribution in [-0.2, 0) is 10.4 Å². The average molecular weight is 266 g/mol. The zero-order chi connectivity index (χ0) is 11.7. The molecule has 0 saturated carbocycles. The maximum Gasteiger partial charge on any atom is 0.215 e. The third-order valence-corrected chi connectivity index (χ3v) is 2.70. The number of halogens is 3. The normalized spacial score (nSPS) is 37.0. The van der Waals surface area contributed by atoms with Crippen LogP contribution in [0.4, 0.5) is 8.96 Å². The highest BCUT2D eigenvalue weighted by molar-refractivity contribution is 7.79. The lowest BCUT2D eigenvalue weighted by molar-refractivity contribution is -1.19. The lowest BCUT2D eigenvalue weighted by Gasteiger charge is -2.42. The lowest BCUT2D eigenvalue weighted by Crippen LogP contribution is -3.00. The van der Waals surface area contributed by atoms with Crippen LogP contribution in [0.15, 0.2) is 0 Å². The van der Waals surface area contributed by atoms with Crippen LogP contribution in [0, 0.1) is 0 Å². The minimum atomic E-state index is -4.92. The zero-order valence-corrected chi connectivity index (χ0v) is 9.17. The van der Waals surface area contributed by atoms with Gasteiger partial charge in [-0.1, -0.05) is 0 Å². The molecule has 0 aliphatic carbocycles. The Morgan fingerprint density at radius 1 is 0.938 bits per heavy atom. The van der Waals surface area contributed by atoms with Crippen molar-refractivity contribution in [2.45, 2.75) is 0 Å². The van der Waals surface area contributed by atoms with Gasteiger partial charge in [-0.3, -0.25) is 4.55 Å². The highest BCUT2D eigenvalue weighted by atomic mass is 32.3. The van der Waals surface area contributed by atoms with Crippen LogP contribution in [0.5, 0.6) is 0 Å². The number of rotatable bonds is 0. The molecule has 0 unspecified atom stereocenters. The summed E-state index contributed by atoms with van der Waals surface area (Å²) >= 11 is 0.